The van der Waals surface area contributed by atoms with Crippen LogP contribution in [0, 0.1) is 0 Å². The fourth-order valence-corrected chi connectivity index (χ4v) is 3.25. The van der Waals surface area contributed by atoms with Gasteiger partial charge >= 0.3 is 0 Å². The van der Waals surface area contributed by atoms with Crippen molar-refractivity contribution >= 4 is 21.7 Å². The SMILES string of the molecule is NS(=O)(=O)c1cccc(-c2ncc(O)c(N(c3ccn[nH]3)C3CC3)n2)c1. The van der Waals surface area contributed by atoms with Gasteiger partial charge in [0.1, 0.15) is 5.82 Å². The van der Waals surface area contributed by atoms with Crippen LogP contribution in [-0.2, 0) is 10.0 Å². The van der Waals surface area contributed by atoms with E-state index in [1.807, 2.05) is 4.90 Å². The number of nitrogens with two attached hydrogens (primary N) is 1. The summed E-state index contributed by atoms with van der Waals surface area (Å²) < 4.78 is 23.2. The molecule has 0 bridgehead atoms. The molecule has 3 aromatic rings. The first-order valence-corrected chi connectivity index (χ1v) is 9.46. The molecule has 1 saturated carbocycles. The average Bonchev–Trinajstić information content (AvgIpc) is 3.30. The molecule has 0 amide bonds. The van der Waals surface area contributed by atoms with Crippen LogP contribution < -0.4 is 10.0 Å². The Morgan fingerprint density at radius 3 is 2.73 bits per heavy atom. The smallest absolute Gasteiger partial charge is 0.238 e. The van der Waals surface area contributed by atoms with Crippen LogP contribution in [0.3, 0.4) is 0 Å². The average molecular weight is 372 g/mol. The van der Waals surface area contributed by atoms with Gasteiger partial charge in [-0.2, -0.15) is 5.10 Å². The molecule has 1 aromatic carbocycles. The molecule has 10 heteroatoms. The molecule has 0 aliphatic heterocycles. The number of nitrogens with one attached hydrogen (secondary N) is 1. The molecule has 2 heterocycles. The number of benzene rings is 1. The van der Waals surface area contributed by atoms with E-state index in [4.69, 9.17) is 5.14 Å². The molecule has 0 spiro atoms. The third kappa shape index (κ3) is 3.11. The molecule has 1 aliphatic carbocycles. The quantitative estimate of drug-likeness (QED) is 0.617. The molecule has 9 nitrogen and oxygen atoms in total. The maximum atomic E-state index is 11.6. The second-order valence-electron chi connectivity index (χ2n) is 6.02. The van der Waals surface area contributed by atoms with Crippen LogP contribution in [-0.4, -0.2) is 39.7 Å². The third-order valence-electron chi connectivity index (χ3n) is 4.06. The molecule has 1 aliphatic rings. The number of aromatic nitrogens is 4. The lowest BCUT2D eigenvalue weighted by molar-refractivity contribution is 0.469. The maximum Gasteiger partial charge on any atom is 0.238 e. The minimum Gasteiger partial charge on any atom is -0.503 e. The summed E-state index contributed by atoms with van der Waals surface area (Å²) in [6.45, 7) is 0. The van der Waals surface area contributed by atoms with Crippen molar-refractivity contribution in [2.24, 2.45) is 5.14 Å². The number of hydrogen-bond acceptors (Lipinski definition) is 7. The molecule has 2 aromatic heterocycles. The molecule has 4 N–H and O–H groups in total. The highest BCUT2D eigenvalue weighted by atomic mass is 32.2. The number of aromatic amines is 1. The Hall–Kier alpha value is -2.98. The van der Waals surface area contributed by atoms with Gasteiger partial charge in [0.25, 0.3) is 0 Å². The van der Waals surface area contributed by atoms with Gasteiger partial charge in [-0.25, -0.2) is 23.5 Å². The maximum absolute atomic E-state index is 11.6. The standard InChI is InChI=1S/C16H16N6O3S/c17-26(24,25)12-3-1-2-10(8-12)15-18-9-13(23)16(20-15)22(11-4-5-11)14-6-7-19-21-14/h1-3,6-9,11,23H,4-5H2,(H,19,21)(H2,17,24,25). The topological polar surface area (TPSA) is 138 Å². The molecule has 0 unspecified atom stereocenters. The van der Waals surface area contributed by atoms with Crippen LogP contribution in [0.2, 0.25) is 0 Å². The van der Waals surface area contributed by atoms with Crippen molar-refractivity contribution < 1.29 is 13.5 Å². The van der Waals surface area contributed by atoms with E-state index in [2.05, 4.69) is 20.2 Å². The number of sulfonamides is 1. The van der Waals surface area contributed by atoms with Gasteiger partial charge in [-0.3, -0.25) is 5.10 Å². The van der Waals surface area contributed by atoms with E-state index in [0.29, 0.717) is 17.2 Å². The van der Waals surface area contributed by atoms with Gasteiger partial charge < -0.3 is 10.0 Å². The molecule has 1 fully saturated rings. The second-order valence-corrected chi connectivity index (χ2v) is 7.58. The Kier molecular flexibility index (Phi) is 3.85. The Labute approximate surface area is 149 Å². The van der Waals surface area contributed by atoms with E-state index in [0.717, 1.165) is 12.8 Å². The summed E-state index contributed by atoms with van der Waals surface area (Å²) in [6.07, 6.45) is 4.86. The molecule has 0 saturated heterocycles. The van der Waals surface area contributed by atoms with Crippen LogP contribution in [0.4, 0.5) is 11.6 Å². The molecule has 134 valence electrons. The number of anilines is 2. The highest BCUT2D eigenvalue weighted by Gasteiger charge is 2.34. The Morgan fingerprint density at radius 2 is 2.08 bits per heavy atom. The predicted octanol–water partition coefficient (Wildman–Crippen LogP) is 1.52. The van der Waals surface area contributed by atoms with Crippen LogP contribution in [0.15, 0.2) is 47.6 Å². The van der Waals surface area contributed by atoms with Gasteiger partial charge in [-0.05, 0) is 25.0 Å². The number of rotatable bonds is 5. The van der Waals surface area contributed by atoms with Crippen LogP contribution in [0.5, 0.6) is 5.75 Å². The van der Waals surface area contributed by atoms with Gasteiger partial charge in [0.15, 0.2) is 17.4 Å². The zero-order valence-electron chi connectivity index (χ0n) is 13.6. The molecule has 0 radical (unpaired) electrons. The lowest BCUT2D eigenvalue weighted by atomic mass is 10.2. The van der Waals surface area contributed by atoms with Gasteiger partial charge in [0, 0.05) is 17.7 Å². The summed E-state index contributed by atoms with van der Waals surface area (Å²) in [6, 6.07) is 8.06. The number of H-pyrrole nitrogens is 1. The molecular formula is C16H16N6O3S. The van der Waals surface area contributed by atoms with E-state index >= 15 is 0 Å². The minimum atomic E-state index is -3.84. The van der Waals surface area contributed by atoms with E-state index in [9.17, 15) is 13.5 Å². The van der Waals surface area contributed by atoms with Crippen molar-refractivity contribution in [3.8, 4) is 17.1 Å². The van der Waals surface area contributed by atoms with Crippen molar-refractivity contribution in [2.75, 3.05) is 4.90 Å². The largest absolute Gasteiger partial charge is 0.503 e. The van der Waals surface area contributed by atoms with Crippen LogP contribution in [0.1, 0.15) is 12.8 Å². The van der Waals surface area contributed by atoms with Gasteiger partial charge in [-0.1, -0.05) is 12.1 Å². The molecule has 4 rings (SSSR count). The zero-order valence-corrected chi connectivity index (χ0v) is 14.4. The van der Waals surface area contributed by atoms with Crippen molar-refractivity contribution in [3.05, 3.63) is 42.7 Å². The summed E-state index contributed by atoms with van der Waals surface area (Å²) in [5, 5.41) is 22.3. The first-order valence-electron chi connectivity index (χ1n) is 7.91. The molecule has 0 atom stereocenters. The lowest BCUT2D eigenvalue weighted by Crippen LogP contribution is -2.21. The van der Waals surface area contributed by atoms with E-state index in [1.165, 1.54) is 18.3 Å². The van der Waals surface area contributed by atoms with Crippen molar-refractivity contribution in [1.82, 2.24) is 20.2 Å². The summed E-state index contributed by atoms with van der Waals surface area (Å²) in [5.74, 6) is 1.26. The monoisotopic (exact) mass is 372 g/mol. The van der Waals surface area contributed by atoms with Gasteiger partial charge in [-0.15, -0.1) is 0 Å². The molecular weight excluding hydrogens is 356 g/mol. The van der Waals surface area contributed by atoms with Crippen LogP contribution in [0.25, 0.3) is 11.4 Å². The van der Waals surface area contributed by atoms with Crippen molar-refractivity contribution in [3.63, 3.8) is 0 Å². The fraction of sp³-hybridized carbons (Fsp3) is 0.188. The lowest BCUT2D eigenvalue weighted by Gasteiger charge is -2.22. The highest BCUT2D eigenvalue weighted by molar-refractivity contribution is 7.89. The number of aromatic hydroxyl groups is 1. The van der Waals surface area contributed by atoms with E-state index in [1.54, 1.807) is 24.4 Å². The Bertz CT molecular complexity index is 1050. The van der Waals surface area contributed by atoms with Crippen LogP contribution >= 0.6 is 0 Å². The first-order chi connectivity index (χ1) is 12.4. The Balaban J connectivity index is 1.80. The van der Waals surface area contributed by atoms with Crippen molar-refractivity contribution in [1.29, 1.82) is 0 Å². The number of nitrogens with zero attached hydrogens (tertiary/aromatic N) is 4. The van der Waals surface area contributed by atoms with Crippen molar-refractivity contribution in [2.45, 2.75) is 23.8 Å². The minimum absolute atomic E-state index is 0.0270. The van der Waals surface area contributed by atoms with Gasteiger partial charge in [0.05, 0.1) is 17.3 Å². The number of hydrogen-bond donors (Lipinski definition) is 3. The zero-order chi connectivity index (χ0) is 18.3. The normalized spacial score (nSPS) is 14.3. The second kappa shape index (κ2) is 6.07. The highest BCUT2D eigenvalue weighted by Crippen LogP contribution is 2.40. The third-order valence-corrected chi connectivity index (χ3v) is 4.97. The number of primary sulfonamides is 1. The van der Waals surface area contributed by atoms with Gasteiger partial charge in [0.2, 0.25) is 10.0 Å². The summed E-state index contributed by atoms with van der Waals surface area (Å²) in [7, 11) is -3.84. The van der Waals surface area contributed by atoms with E-state index in [-0.39, 0.29) is 22.5 Å². The first kappa shape index (κ1) is 16.5. The summed E-state index contributed by atoms with van der Waals surface area (Å²) in [5.41, 5.74) is 0.484. The fourth-order valence-electron chi connectivity index (χ4n) is 2.69. The summed E-state index contributed by atoms with van der Waals surface area (Å²) in [4.78, 5) is 10.4. The predicted molar refractivity (Wildman–Crippen MR) is 94.3 cm³/mol. The van der Waals surface area contributed by atoms with E-state index < -0.39 is 10.0 Å². The Morgan fingerprint density at radius 1 is 1.27 bits per heavy atom. The summed E-state index contributed by atoms with van der Waals surface area (Å²) >= 11 is 0. The molecule has 26 heavy (non-hydrogen) atoms.